The molecule has 0 aliphatic carbocycles. The fourth-order valence-corrected chi connectivity index (χ4v) is 2.54. The SMILES string of the molecule is COc1ccc(Br)cc1CC(=O)NC(C)(CC(=O)O)C(C)C. The van der Waals surface area contributed by atoms with Gasteiger partial charge in [0.25, 0.3) is 0 Å². The van der Waals surface area contributed by atoms with Crippen LogP contribution in [-0.2, 0) is 16.0 Å². The standard InChI is InChI=1S/C16H22BrNO4/c1-10(2)16(3,9-15(20)21)18-14(19)8-11-7-12(17)5-6-13(11)22-4/h5-7,10H,8-9H2,1-4H3,(H,18,19)(H,20,21). The maximum absolute atomic E-state index is 12.3. The second-order valence-electron chi connectivity index (χ2n) is 5.82. The predicted molar refractivity (Wildman–Crippen MR) is 88.0 cm³/mol. The number of methoxy groups -OCH3 is 1. The molecule has 0 aromatic heterocycles. The van der Waals surface area contributed by atoms with Crippen LogP contribution in [0.25, 0.3) is 0 Å². The smallest absolute Gasteiger partial charge is 0.305 e. The molecular weight excluding hydrogens is 350 g/mol. The summed E-state index contributed by atoms with van der Waals surface area (Å²) < 4.78 is 6.10. The number of carboxylic acids is 1. The molecule has 0 radical (unpaired) electrons. The molecule has 1 aromatic carbocycles. The highest BCUT2D eigenvalue weighted by Gasteiger charge is 2.32. The van der Waals surface area contributed by atoms with Crippen LogP contribution < -0.4 is 10.1 Å². The summed E-state index contributed by atoms with van der Waals surface area (Å²) in [5, 5.41) is 11.9. The lowest BCUT2D eigenvalue weighted by molar-refractivity contribution is -0.139. The first-order valence-electron chi connectivity index (χ1n) is 7.03. The molecule has 1 rings (SSSR count). The first kappa shape index (κ1) is 18.5. The molecule has 0 aliphatic heterocycles. The largest absolute Gasteiger partial charge is 0.496 e. The third-order valence-corrected chi connectivity index (χ3v) is 4.30. The van der Waals surface area contributed by atoms with E-state index in [0.717, 1.165) is 10.0 Å². The molecule has 6 heteroatoms. The van der Waals surface area contributed by atoms with E-state index in [9.17, 15) is 9.59 Å². The Labute approximate surface area is 139 Å². The molecule has 0 bridgehead atoms. The Morgan fingerprint density at radius 3 is 2.55 bits per heavy atom. The molecular formula is C16H22BrNO4. The fraction of sp³-hybridized carbons (Fsp3) is 0.500. The van der Waals surface area contributed by atoms with Crippen molar-refractivity contribution in [1.82, 2.24) is 5.32 Å². The van der Waals surface area contributed by atoms with E-state index in [4.69, 9.17) is 9.84 Å². The summed E-state index contributed by atoms with van der Waals surface area (Å²) in [5.74, 6) is -0.537. The maximum Gasteiger partial charge on any atom is 0.305 e. The topological polar surface area (TPSA) is 75.6 Å². The number of nitrogens with one attached hydrogen (secondary N) is 1. The van der Waals surface area contributed by atoms with E-state index in [2.05, 4.69) is 21.2 Å². The van der Waals surface area contributed by atoms with Crippen LogP contribution >= 0.6 is 15.9 Å². The van der Waals surface area contributed by atoms with Crippen molar-refractivity contribution in [2.24, 2.45) is 5.92 Å². The molecule has 0 saturated heterocycles. The lowest BCUT2D eigenvalue weighted by Gasteiger charge is -2.33. The molecule has 0 heterocycles. The van der Waals surface area contributed by atoms with Gasteiger partial charge in [-0.1, -0.05) is 29.8 Å². The minimum absolute atomic E-state index is 0.00282. The summed E-state index contributed by atoms with van der Waals surface area (Å²) >= 11 is 3.37. The molecule has 5 nitrogen and oxygen atoms in total. The van der Waals surface area contributed by atoms with E-state index < -0.39 is 11.5 Å². The van der Waals surface area contributed by atoms with Crippen molar-refractivity contribution in [3.05, 3.63) is 28.2 Å². The summed E-state index contributed by atoms with van der Waals surface area (Å²) in [6.45, 7) is 5.54. The molecule has 0 saturated carbocycles. The van der Waals surface area contributed by atoms with Gasteiger partial charge in [-0.3, -0.25) is 9.59 Å². The summed E-state index contributed by atoms with van der Waals surface area (Å²) in [5.41, 5.74) is -0.0434. The average Bonchev–Trinajstić information content (AvgIpc) is 2.37. The summed E-state index contributed by atoms with van der Waals surface area (Å²) in [6.07, 6.45) is 0.0105. The van der Waals surface area contributed by atoms with Gasteiger partial charge in [0.15, 0.2) is 0 Å². The van der Waals surface area contributed by atoms with Crippen LogP contribution in [0.5, 0.6) is 5.75 Å². The van der Waals surface area contributed by atoms with Gasteiger partial charge in [-0.15, -0.1) is 0 Å². The van der Waals surface area contributed by atoms with Crippen molar-refractivity contribution in [3.8, 4) is 5.75 Å². The second kappa shape index (κ2) is 7.63. The summed E-state index contributed by atoms with van der Waals surface area (Å²) in [6, 6.07) is 5.44. The third kappa shape index (κ3) is 5.02. The molecule has 1 unspecified atom stereocenters. The van der Waals surface area contributed by atoms with Gasteiger partial charge < -0.3 is 15.2 Å². The third-order valence-electron chi connectivity index (χ3n) is 3.81. The van der Waals surface area contributed by atoms with Crippen LogP contribution in [0.4, 0.5) is 0 Å². The molecule has 0 spiro atoms. The highest BCUT2D eigenvalue weighted by molar-refractivity contribution is 9.10. The van der Waals surface area contributed by atoms with Gasteiger partial charge in [0.05, 0.1) is 20.0 Å². The number of hydrogen-bond acceptors (Lipinski definition) is 3. The zero-order valence-corrected chi connectivity index (χ0v) is 14.9. The van der Waals surface area contributed by atoms with Crippen molar-refractivity contribution < 1.29 is 19.4 Å². The number of carbonyl (C=O) groups excluding carboxylic acids is 1. The average molecular weight is 372 g/mol. The van der Waals surface area contributed by atoms with Gasteiger partial charge in [-0.05, 0) is 31.0 Å². The van der Waals surface area contributed by atoms with Crippen LogP contribution in [0, 0.1) is 5.92 Å². The van der Waals surface area contributed by atoms with Crippen LogP contribution in [0.2, 0.25) is 0 Å². The Kier molecular flexibility index (Phi) is 6.41. The van der Waals surface area contributed by atoms with Gasteiger partial charge in [0, 0.05) is 15.6 Å². The molecule has 1 amide bonds. The monoisotopic (exact) mass is 371 g/mol. The highest BCUT2D eigenvalue weighted by Crippen LogP contribution is 2.25. The number of carbonyl (C=O) groups is 2. The van der Waals surface area contributed by atoms with E-state index in [1.807, 2.05) is 26.0 Å². The van der Waals surface area contributed by atoms with Crippen molar-refractivity contribution in [3.63, 3.8) is 0 Å². The Hall–Kier alpha value is -1.56. The van der Waals surface area contributed by atoms with Gasteiger partial charge >= 0.3 is 5.97 Å². The van der Waals surface area contributed by atoms with Crippen LogP contribution in [0.1, 0.15) is 32.8 Å². The van der Waals surface area contributed by atoms with E-state index in [1.54, 1.807) is 20.1 Å². The quantitative estimate of drug-likeness (QED) is 0.772. The molecule has 22 heavy (non-hydrogen) atoms. The number of amides is 1. The van der Waals surface area contributed by atoms with Crippen molar-refractivity contribution in [2.45, 2.75) is 39.2 Å². The number of rotatable bonds is 7. The molecule has 2 N–H and O–H groups in total. The van der Waals surface area contributed by atoms with E-state index in [-0.39, 0.29) is 24.7 Å². The van der Waals surface area contributed by atoms with E-state index in [0.29, 0.717) is 5.75 Å². The van der Waals surface area contributed by atoms with Crippen molar-refractivity contribution in [1.29, 1.82) is 0 Å². The lowest BCUT2D eigenvalue weighted by atomic mass is 9.85. The second-order valence-corrected chi connectivity index (χ2v) is 6.74. The lowest BCUT2D eigenvalue weighted by Crippen LogP contribution is -2.51. The Morgan fingerprint density at radius 2 is 2.05 bits per heavy atom. The number of halogens is 1. The van der Waals surface area contributed by atoms with Crippen LogP contribution in [0.3, 0.4) is 0 Å². The minimum atomic E-state index is -0.934. The van der Waals surface area contributed by atoms with Gasteiger partial charge in [0.1, 0.15) is 5.75 Å². The number of aliphatic carboxylic acids is 1. The first-order valence-corrected chi connectivity index (χ1v) is 7.82. The molecule has 1 atom stereocenters. The van der Waals surface area contributed by atoms with Crippen LogP contribution in [0.15, 0.2) is 22.7 Å². The molecule has 1 aromatic rings. The molecule has 0 aliphatic rings. The number of benzene rings is 1. The fourth-order valence-electron chi connectivity index (χ4n) is 2.13. The Balaban J connectivity index is 2.88. The molecule has 0 fully saturated rings. The van der Waals surface area contributed by atoms with Gasteiger partial charge in [0.2, 0.25) is 5.91 Å². The molecule has 122 valence electrons. The summed E-state index contributed by atoms with van der Waals surface area (Å²) in [4.78, 5) is 23.3. The Morgan fingerprint density at radius 1 is 1.41 bits per heavy atom. The zero-order valence-electron chi connectivity index (χ0n) is 13.3. The minimum Gasteiger partial charge on any atom is -0.496 e. The highest BCUT2D eigenvalue weighted by atomic mass is 79.9. The normalized spacial score (nSPS) is 13.5. The first-order chi connectivity index (χ1) is 10.2. The van der Waals surface area contributed by atoms with Gasteiger partial charge in [-0.2, -0.15) is 0 Å². The van der Waals surface area contributed by atoms with E-state index >= 15 is 0 Å². The Bertz CT molecular complexity index is 559. The summed E-state index contributed by atoms with van der Waals surface area (Å²) in [7, 11) is 1.55. The number of ether oxygens (including phenoxy) is 1. The number of carboxylic acid groups (broad SMARTS) is 1. The number of hydrogen-bond donors (Lipinski definition) is 2. The predicted octanol–water partition coefficient (Wildman–Crippen LogP) is 3.01. The van der Waals surface area contributed by atoms with Crippen molar-refractivity contribution >= 4 is 27.8 Å². The van der Waals surface area contributed by atoms with Gasteiger partial charge in [-0.25, -0.2) is 0 Å². The maximum atomic E-state index is 12.3. The zero-order chi connectivity index (χ0) is 16.9. The van der Waals surface area contributed by atoms with Crippen molar-refractivity contribution in [2.75, 3.05) is 7.11 Å². The van der Waals surface area contributed by atoms with Crippen LogP contribution in [-0.4, -0.2) is 29.6 Å². The van der Waals surface area contributed by atoms with E-state index in [1.165, 1.54) is 0 Å².